The van der Waals surface area contributed by atoms with Crippen LogP contribution in [0, 0.1) is 11.8 Å². The minimum Gasteiger partial charge on any atom is -0.351 e. The van der Waals surface area contributed by atoms with Gasteiger partial charge in [0.05, 0.1) is 6.54 Å². The fraction of sp³-hybridized carbons (Fsp3) is 0.765. The van der Waals surface area contributed by atoms with Crippen molar-refractivity contribution in [3.05, 3.63) is 11.7 Å². The summed E-state index contributed by atoms with van der Waals surface area (Å²) < 4.78 is 4.99. The van der Waals surface area contributed by atoms with Crippen molar-refractivity contribution in [3.63, 3.8) is 0 Å². The maximum absolute atomic E-state index is 12.6. The van der Waals surface area contributed by atoms with Gasteiger partial charge in [-0.1, -0.05) is 19.0 Å². The second-order valence-corrected chi connectivity index (χ2v) is 7.38. The molecule has 8 heteroatoms. The summed E-state index contributed by atoms with van der Waals surface area (Å²) in [6.07, 6.45) is 2.99. The average Bonchev–Trinajstić information content (AvgIpc) is 3.32. The molecule has 1 aromatic rings. The lowest BCUT2D eigenvalue weighted by atomic mass is 10.0. The highest BCUT2D eigenvalue weighted by molar-refractivity contribution is 5.89. The third kappa shape index (κ3) is 4.36. The third-order valence-electron chi connectivity index (χ3n) is 4.98. The molecule has 138 valence electrons. The first-order chi connectivity index (χ1) is 12.0. The van der Waals surface area contributed by atoms with E-state index in [0.29, 0.717) is 37.2 Å². The normalized spacial score (nSPS) is 22.3. The van der Waals surface area contributed by atoms with Gasteiger partial charge in [-0.25, -0.2) is 0 Å². The van der Waals surface area contributed by atoms with E-state index in [1.54, 1.807) is 0 Å². The second kappa shape index (κ2) is 7.51. The van der Waals surface area contributed by atoms with E-state index < -0.39 is 0 Å². The number of nitrogens with zero attached hydrogens (tertiary/aromatic N) is 4. The first-order valence-corrected chi connectivity index (χ1v) is 9.04. The molecule has 1 saturated carbocycles. The number of hydrogen-bond donors (Lipinski definition) is 1. The minimum absolute atomic E-state index is 0.0285. The van der Waals surface area contributed by atoms with Gasteiger partial charge in [-0.3, -0.25) is 14.5 Å². The van der Waals surface area contributed by atoms with Crippen molar-refractivity contribution < 1.29 is 14.1 Å². The Hall–Kier alpha value is -1.96. The van der Waals surface area contributed by atoms with Crippen LogP contribution >= 0.6 is 0 Å². The molecule has 0 aromatic carbocycles. The van der Waals surface area contributed by atoms with Crippen molar-refractivity contribution in [2.45, 2.75) is 45.7 Å². The van der Waals surface area contributed by atoms with Crippen LogP contribution in [0.15, 0.2) is 4.52 Å². The molecule has 1 aromatic heterocycles. The molecule has 2 fully saturated rings. The van der Waals surface area contributed by atoms with Gasteiger partial charge in [-0.15, -0.1) is 0 Å². The Labute approximate surface area is 147 Å². The van der Waals surface area contributed by atoms with Gasteiger partial charge in [-0.05, 0) is 24.7 Å². The van der Waals surface area contributed by atoms with Crippen LogP contribution in [0.4, 0.5) is 0 Å². The fourth-order valence-electron chi connectivity index (χ4n) is 3.28. The van der Waals surface area contributed by atoms with Crippen LogP contribution < -0.4 is 5.32 Å². The summed E-state index contributed by atoms with van der Waals surface area (Å²) in [6.45, 7) is 7.17. The van der Waals surface area contributed by atoms with E-state index in [1.165, 1.54) is 19.9 Å². The molecular formula is C17H27N5O3. The summed E-state index contributed by atoms with van der Waals surface area (Å²) in [5, 5.41) is 6.35. The Morgan fingerprint density at radius 3 is 2.80 bits per heavy atom. The zero-order valence-electron chi connectivity index (χ0n) is 15.2. The van der Waals surface area contributed by atoms with Gasteiger partial charge in [0.15, 0.2) is 5.82 Å². The van der Waals surface area contributed by atoms with Crippen molar-refractivity contribution in [2.24, 2.45) is 11.8 Å². The number of rotatable bonds is 6. The SMILES string of the molecule is CNC(=O)c1nc(CN2CCC(=O)N(CC3CC3)C(C(C)C)C2)no1. The molecule has 3 rings (SSSR count). The molecule has 1 N–H and O–H groups in total. The van der Waals surface area contributed by atoms with Crippen LogP contribution in [0.5, 0.6) is 0 Å². The van der Waals surface area contributed by atoms with Crippen molar-refractivity contribution in [2.75, 3.05) is 26.7 Å². The number of nitrogens with one attached hydrogen (secondary N) is 1. The predicted octanol–water partition coefficient (Wildman–Crippen LogP) is 0.898. The van der Waals surface area contributed by atoms with Gasteiger partial charge in [0.2, 0.25) is 5.91 Å². The first-order valence-electron chi connectivity index (χ1n) is 9.04. The van der Waals surface area contributed by atoms with Crippen LogP contribution in [0.1, 0.15) is 49.6 Å². The lowest BCUT2D eigenvalue weighted by molar-refractivity contribution is -0.133. The lowest BCUT2D eigenvalue weighted by Gasteiger charge is -2.34. The fourth-order valence-corrected chi connectivity index (χ4v) is 3.28. The van der Waals surface area contributed by atoms with E-state index in [-0.39, 0.29) is 23.7 Å². The van der Waals surface area contributed by atoms with E-state index in [1.807, 2.05) is 0 Å². The smallest absolute Gasteiger partial charge is 0.315 e. The van der Waals surface area contributed by atoms with Gasteiger partial charge in [0, 0.05) is 39.1 Å². The molecule has 1 aliphatic heterocycles. The Balaban J connectivity index is 1.68. The molecule has 8 nitrogen and oxygen atoms in total. The first kappa shape index (κ1) is 17.8. The molecule has 0 bridgehead atoms. The summed E-state index contributed by atoms with van der Waals surface area (Å²) in [7, 11) is 1.52. The zero-order valence-corrected chi connectivity index (χ0v) is 15.2. The van der Waals surface area contributed by atoms with E-state index in [2.05, 4.69) is 39.1 Å². The van der Waals surface area contributed by atoms with E-state index in [4.69, 9.17) is 4.52 Å². The number of carbonyl (C=O) groups excluding carboxylic acids is 2. The molecule has 1 unspecified atom stereocenters. The summed E-state index contributed by atoms with van der Waals surface area (Å²) in [6, 6.07) is 0.195. The topological polar surface area (TPSA) is 91.6 Å². The molecule has 0 radical (unpaired) electrons. The number of amides is 2. The molecular weight excluding hydrogens is 322 g/mol. The molecule has 2 aliphatic rings. The van der Waals surface area contributed by atoms with Gasteiger partial charge in [0.1, 0.15) is 0 Å². The summed E-state index contributed by atoms with van der Waals surface area (Å²) >= 11 is 0. The Bertz CT molecular complexity index is 626. The maximum atomic E-state index is 12.6. The van der Waals surface area contributed by atoms with Gasteiger partial charge in [0.25, 0.3) is 0 Å². The van der Waals surface area contributed by atoms with Crippen LogP contribution in [-0.4, -0.2) is 64.5 Å². The number of hydrogen-bond acceptors (Lipinski definition) is 6. The van der Waals surface area contributed by atoms with Crippen LogP contribution in [0.3, 0.4) is 0 Å². The van der Waals surface area contributed by atoms with Crippen molar-refractivity contribution >= 4 is 11.8 Å². The van der Waals surface area contributed by atoms with Crippen molar-refractivity contribution in [3.8, 4) is 0 Å². The Morgan fingerprint density at radius 1 is 1.40 bits per heavy atom. The molecule has 2 amide bonds. The largest absolute Gasteiger partial charge is 0.351 e. The van der Waals surface area contributed by atoms with E-state index >= 15 is 0 Å². The van der Waals surface area contributed by atoms with Crippen LogP contribution in [-0.2, 0) is 11.3 Å². The lowest BCUT2D eigenvalue weighted by Crippen LogP contribution is -2.47. The van der Waals surface area contributed by atoms with Crippen molar-refractivity contribution in [1.82, 2.24) is 25.3 Å². The standard InChI is InChI=1S/C17H27N5O3/c1-11(2)13-9-21(7-6-15(23)22(13)8-12-4-5-12)10-14-19-17(25-20-14)16(24)18-3/h11-13H,4-10H2,1-3H3,(H,18,24). The monoisotopic (exact) mass is 349 g/mol. The van der Waals surface area contributed by atoms with Crippen LogP contribution in [0.25, 0.3) is 0 Å². The summed E-state index contributed by atoms with van der Waals surface area (Å²) in [4.78, 5) is 32.6. The second-order valence-electron chi connectivity index (χ2n) is 7.38. The van der Waals surface area contributed by atoms with Crippen molar-refractivity contribution in [1.29, 1.82) is 0 Å². The molecule has 25 heavy (non-hydrogen) atoms. The quantitative estimate of drug-likeness (QED) is 0.820. The maximum Gasteiger partial charge on any atom is 0.315 e. The van der Waals surface area contributed by atoms with Gasteiger partial charge >= 0.3 is 11.8 Å². The highest BCUT2D eigenvalue weighted by Gasteiger charge is 2.35. The van der Waals surface area contributed by atoms with Gasteiger partial charge < -0.3 is 14.7 Å². The third-order valence-corrected chi connectivity index (χ3v) is 4.98. The van der Waals surface area contributed by atoms with Gasteiger partial charge in [-0.2, -0.15) is 4.98 Å². The van der Waals surface area contributed by atoms with E-state index in [0.717, 1.165) is 13.1 Å². The van der Waals surface area contributed by atoms with Crippen LogP contribution in [0.2, 0.25) is 0 Å². The Morgan fingerprint density at radius 2 is 2.16 bits per heavy atom. The van der Waals surface area contributed by atoms with E-state index in [9.17, 15) is 9.59 Å². The molecule has 2 heterocycles. The summed E-state index contributed by atoms with van der Waals surface area (Å²) in [5.41, 5.74) is 0. The minimum atomic E-state index is -0.388. The Kier molecular flexibility index (Phi) is 5.36. The predicted molar refractivity (Wildman–Crippen MR) is 90.6 cm³/mol. The summed E-state index contributed by atoms with van der Waals surface area (Å²) in [5.74, 6) is 1.37. The zero-order chi connectivity index (χ0) is 18.0. The molecule has 1 atom stereocenters. The number of aromatic nitrogens is 2. The highest BCUT2D eigenvalue weighted by atomic mass is 16.5. The molecule has 0 spiro atoms. The number of carbonyl (C=O) groups is 2. The molecule has 1 saturated heterocycles. The molecule has 1 aliphatic carbocycles. The highest BCUT2D eigenvalue weighted by Crippen LogP contribution is 2.32. The average molecular weight is 349 g/mol.